The summed E-state index contributed by atoms with van der Waals surface area (Å²) in [6.07, 6.45) is 4.77. The summed E-state index contributed by atoms with van der Waals surface area (Å²) in [5, 5.41) is 4.81. The molecule has 152 valence electrons. The van der Waals surface area contributed by atoms with Gasteiger partial charge in [-0.25, -0.2) is 4.68 Å². The highest BCUT2D eigenvalue weighted by Gasteiger charge is 2.29. The average molecular weight is 436 g/mol. The van der Waals surface area contributed by atoms with Gasteiger partial charge in [0, 0.05) is 24.4 Å². The average Bonchev–Trinajstić information content (AvgIpc) is 3.30. The van der Waals surface area contributed by atoms with Crippen LogP contribution in [0.3, 0.4) is 0 Å². The summed E-state index contributed by atoms with van der Waals surface area (Å²) in [5.74, 6) is 0.739. The first kappa shape index (κ1) is 20.4. The van der Waals surface area contributed by atoms with Crippen LogP contribution in [0.5, 0.6) is 5.75 Å². The number of hydrogen-bond acceptors (Lipinski definition) is 5. The van der Waals surface area contributed by atoms with Crippen molar-refractivity contribution < 1.29 is 9.53 Å². The van der Waals surface area contributed by atoms with E-state index in [2.05, 4.69) is 6.92 Å². The Hall–Kier alpha value is -2.90. The Bertz CT molecular complexity index is 1110. The Labute approximate surface area is 185 Å². The molecule has 1 saturated heterocycles. The van der Waals surface area contributed by atoms with Gasteiger partial charge in [0.25, 0.3) is 5.91 Å². The number of likely N-dealkylation sites (N-methyl/N-ethyl adjacent to an activating group) is 1. The Morgan fingerprint density at radius 3 is 2.50 bits per heavy atom. The molecule has 7 heteroatoms. The van der Waals surface area contributed by atoms with Gasteiger partial charge in [0.15, 0.2) is 0 Å². The van der Waals surface area contributed by atoms with Crippen LogP contribution in [-0.2, 0) is 4.79 Å². The summed E-state index contributed by atoms with van der Waals surface area (Å²) in [5.41, 5.74) is 3.55. The molecule has 5 nitrogen and oxygen atoms in total. The van der Waals surface area contributed by atoms with Crippen LogP contribution in [0.1, 0.15) is 18.9 Å². The first-order chi connectivity index (χ1) is 14.6. The molecule has 0 unspecified atom stereocenters. The van der Waals surface area contributed by atoms with Gasteiger partial charge < -0.3 is 4.74 Å². The molecule has 1 aromatic heterocycles. The molecule has 1 fully saturated rings. The number of carbonyl (C=O) groups excluding carboxylic acids is 1. The lowest BCUT2D eigenvalue weighted by molar-refractivity contribution is -0.121. The molecule has 0 spiro atoms. The molecule has 1 aliphatic rings. The maximum Gasteiger partial charge on any atom is 0.265 e. The lowest BCUT2D eigenvalue weighted by Crippen LogP contribution is -2.22. The molecule has 0 bridgehead atoms. The zero-order valence-electron chi connectivity index (χ0n) is 16.7. The van der Waals surface area contributed by atoms with Crippen molar-refractivity contribution in [3.8, 4) is 22.7 Å². The van der Waals surface area contributed by atoms with E-state index in [1.54, 1.807) is 7.05 Å². The van der Waals surface area contributed by atoms with Crippen molar-refractivity contribution in [1.29, 1.82) is 0 Å². The molecule has 0 aliphatic carbocycles. The second-order valence-electron chi connectivity index (χ2n) is 6.83. The fraction of sp³-hybridized carbons (Fsp3) is 0.174. The molecule has 2 heterocycles. The van der Waals surface area contributed by atoms with Gasteiger partial charge in [-0.2, -0.15) is 5.10 Å². The Morgan fingerprint density at radius 1 is 1.13 bits per heavy atom. The molecule has 2 aromatic carbocycles. The highest BCUT2D eigenvalue weighted by Crippen LogP contribution is 2.34. The van der Waals surface area contributed by atoms with Crippen molar-refractivity contribution in [3.05, 3.63) is 71.3 Å². The lowest BCUT2D eigenvalue weighted by Gasteiger charge is -2.06. The number of amides is 1. The zero-order chi connectivity index (χ0) is 21.1. The minimum absolute atomic E-state index is 0.0910. The standard InChI is InChI=1S/C23H21N3O2S2/c1-3-13-28-19-11-9-16(10-12-19)21-17(14-20-22(27)25(2)23(29)30-20)15-26(24-21)18-7-5-4-6-8-18/h4-12,14-15H,3,13H2,1-2H3. The van der Waals surface area contributed by atoms with Gasteiger partial charge in [-0.1, -0.05) is 49.1 Å². The maximum absolute atomic E-state index is 12.5. The molecular weight excluding hydrogens is 414 g/mol. The van der Waals surface area contributed by atoms with Crippen LogP contribution in [0.4, 0.5) is 0 Å². The van der Waals surface area contributed by atoms with E-state index in [1.807, 2.05) is 71.6 Å². The van der Waals surface area contributed by atoms with Gasteiger partial charge in [0.2, 0.25) is 0 Å². The summed E-state index contributed by atoms with van der Waals surface area (Å²) in [4.78, 5) is 14.6. The van der Waals surface area contributed by atoms with Gasteiger partial charge in [0.1, 0.15) is 10.1 Å². The minimum Gasteiger partial charge on any atom is -0.494 e. The Balaban J connectivity index is 1.76. The van der Waals surface area contributed by atoms with Gasteiger partial charge in [0.05, 0.1) is 22.9 Å². The van der Waals surface area contributed by atoms with Crippen molar-refractivity contribution in [2.24, 2.45) is 0 Å². The van der Waals surface area contributed by atoms with Gasteiger partial charge in [-0.15, -0.1) is 0 Å². The summed E-state index contributed by atoms with van der Waals surface area (Å²) in [6, 6.07) is 17.8. The third kappa shape index (κ3) is 4.17. The van der Waals surface area contributed by atoms with Gasteiger partial charge in [-0.3, -0.25) is 9.69 Å². The van der Waals surface area contributed by atoms with E-state index in [1.165, 1.54) is 16.7 Å². The molecule has 1 amide bonds. The second-order valence-corrected chi connectivity index (χ2v) is 8.50. The normalized spacial score (nSPS) is 15.3. The van der Waals surface area contributed by atoms with Crippen molar-refractivity contribution >= 4 is 40.3 Å². The lowest BCUT2D eigenvalue weighted by atomic mass is 10.1. The predicted molar refractivity (Wildman–Crippen MR) is 126 cm³/mol. The van der Waals surface area contributed by atoms with E-state index < -0.39 is 0 Å². The van der Waals surface area contributed by atoms with E-state index >= 15 is 0 Å². The topological polar surface area (TPSA) is 47.4 Å². The fourth-order valence-electron chi connectivity index (χ4n) is 3.05. The van der Waals surface area contributed by atoms with Crippen LogP contribution in [-0.4, -0.2) is 38.6 Å². The molecule has 1 aliphatic heterocycles. The second kappa shape index (κ2) is 8.85. The van der Waals surface area contributed by atoms with E-state index in [0.717, 1.165) is 34.7 Å². The largest absolute Gasteiger partial charge is 0.494 e. The Morgan fingerprint density at radius 2 is 1.87 bits per heavy atom. The van der Waals surface area contributed by atoms with Crippen LogP contribution in [0.15, 0.2) is 65.7 Å². The van der Waals surface area contributed by atoms with Crippen molar-refractivity contribution in [2.75, 3.05) is 13.7 Å². The van der Waals surface area contributed by atoms with Gasteiger partial charge >= 0.3 is 0 Å². The summed E-state index contributed by atoms with van der Waals surface area (Å²) in [7, 11) is 1.70. The van der Waals surface area contributed by atoms with Crippen LogP contribution < -0.4 is 4.74 Å². The minimum atomic E-state index is -0.0910. The molecule has 0 radical (unpaired) electrons. The third-order valence-corrected chi connectivity index (χ3v) is 6.12. The van der Waals surface area contributed by atoms with Crippen LogP contribution in [0.2, 0.25) is 0 Å². The van der Waals surface area contributed by atoms with Crippen molar-refractivity contribution in [3.63, 3.8) is 0 Å². The number of rotatable bonds is 6. The van der Waals surface area contributed by atoms with Crippen LogP contribution >= 0.6 is 24.0 Å². The molecular formula is C23H21N3O2S2. The zero-order valence-corrected chi connectivity index (χ0v) is 18.4. The molecule has 3 aromatic rings. The SMILES string of the molecule is CCCOc1ccc(-c2nn(-c3ccccc3)cc2C=C2SC(=S)N(C)C2=O)cc1. The van der Waals surface area contributed by atoms with Crippen LogP contribution in [0, 0.1) is 0 Å². The van der Waals surface area contributed by atoms with Crippen molar-refractivity contribution in [2.45, 2.75) is 13.3 Å². The van der Waals surface area contributed by atoms with Gasteiger partial charge in [-0.05, 0) is 48.9 Å². The van der Waals surface area contributed by atoms with Crippen molar-refractivity contribution in [1.82, 2.24) is 14.7 Å². The first-order valence-electron chi connectivity index (χ1n) is 9.66. The number of thiocarbonyl (C=S) groups is 1. The highest BCUT2D eigenvalue weighted by molar-refractivity contribution is 8.26. The quantitative estimate of drug-likeness (QED) is 0.395. The molecule has 0 N–H and O–H groups in total. The number of carbonyl (C=O) groups is 1. The summed E-state index contributed by atoms with van der Waals surface area (Å²) >= 11 is 6.57. The molecule has 4 rings (SSSR count). The number of aromatic nitrogens is 2. The smallest absolute Gasteiger partial charge is 0.265 e. The molecule has 0 saturated carbocycles. The monoisotopic (exact) mass is 435 g/mol. The number of benzene rings is 2. The van der Waals surface area contributed by atoms with E-state index in [-0.39, 0.29) is 5.91 Å². The summed E-state index contributed by atoms with van der Waals surface area (Å²) in [6.45, 7) is 2.77. The number of para-hydroxylation sites is 1. The summed E-state index contributed by atoms with van der Waals surface area (Å²) < 4.78 is 8.08. The van der Waals surface area contributed by atoms with E-state index in [4.69, 9.17) is 22.1 Å². The first-order valence-corrected chi connectivity index (χ1v) is 10.9. The Kier molecular flexibility index (Phi) is 6.01. The predicted octanol–water partition coefficient (Wildman–Crippen LogP) is 5.16. The number of nitrogens with zero attached hydrogens (tertiary/aromatic N) is 3. The molecule has 0 atom stereocenters. The maximum atomic E-state index is 12.5. The van der Waals surface area contributed by atoms with Crippen LogP contribution in [0.25, 0.3) is 23.0 Å². The number of thioether (sulfide) groups is 1. The highest BCUT2D eigenvalue weighted by atomic mass is 32.2. The van der Waals surface area contributed by atoms with E-state index in [0.29, 0.717) is 15.8 Å². The fourth-order valence-corrected chi connectivity index (χ4v) is 4.22. The molecule has 30 heavy (non-hydrogen) atoms. The number of hydrogen-bond donors (Lipinski definition) is 0. The number of ether oxygens (including phenoxy) is 1. The van der Waals surface area contributed by atoms with E-state index in [9.17, 15) is 4.79 Å². The third-order valence-electron chi connectivity index (χ3n) is 4.64.